The lowest BCUT2D eigenvalue weighted by Crippen LogP contribution is -2.34. The van der Waals surface area contributed by atoms with Gasteiger partial charge < -0.3 is 10.2 Å². The molecule has 1 fully saturated rings. The first-order chi connectivity index (χ1) is 11.5. The standard InChI is InChI=1S/C19H22ClN3O/c1-13-4-3-9-23(12-13)16-7-8-21-18(11-16)19(24)22-17-6-5-15(20)10-14(17)2/h5-8,10-11,13H,3-4,9,12H2,1-2H3,(H,22,24). The average Bonchev–Trinajstić information content (AvgIpc) is 2.57. The van der Waals surface area contributed by atoms with E-state index in [0.29, 0.717) is 16.6 Å². The Morgan fingerprint density at radius 1 is 1.33 bits per heavy atom. The van der Waals surface area contributed by atoms with Gasteiger partial charge in [0.25, 0.3) is 5.91 Å². The molecule has 0 bridgehead atoms. The van der Waals surface area contributed by atoms with Crippen LogP contribution in [0.2, 0.25) is 5.02 Å². The number of nitrogens with zero attached hydrogens (tertiary/aromatic N) is 2. The van der Waals surface area contributed by atoms with Crippen molar-refractivity contribution in [3.63, 3.8) is 0 Å². The molecule has 126 valence electrons. The van der Waals surface area contributed by atoms with Crippen molar-refractivity contribution in [1.29, 1.82) is 0 Å². The van der Waals surface area contributed by atoms with Crippen LogP contribution in [0.5, 0.6) is 0 Å². The number of hydrogen-bond donors (Lipinski definition) is 1. The summed E-state index contributed by atoms with van der Waals surface area (Å²) in [7, 11) is 0. The van der Waals surface area contributed by atoms with Gasteiger partial charge in [-0.3, -0.25) is 9.78 Å². The molecule has 0 aliphatic carbocycles. The van der Waals surface area contributed by atoms with Crippen LogP contribution in [0, 0.1) is 12.8 Å². The quantitative estimate of drug-likeness (QED) is 0.890. The maximum atomic E-state index is 12.5. The third kappa shape index (κ3) is 3.88. The van der Waals surface area contributed by atoms with Gasteiger partial charge in [-0.25, -0.2) is 0 Å². The predicted octanol–water partition coefficient (Wildman–Crippen LogP) is 4.53. The molecule has 0 spiro atoms. The molecule has 4 nitrogen and oxygen atoms in total. The van der Waals surface area contributed by atoms with E-state index < -0.39 is 0 Å². The molecule has 1 unspecified atom stereocenters. The summed E-state index contributed by atoms with van der Waals surface area (Å²) in [6.07, 6.45) is 4.16. The Morgan fingerprint density at radius 3 is 2.92 bits per heavy atom. The van der Waals surface area contributed by atoms with Crippen molar-refractivity contribution in [2.75, 3.05) is 23.3 Å². The second kappa shape index (κ2) is 7.22. The van der Waals surface area contributed by atoms with Gasteiger partial charge in [-0.15, -0.1) is 0 Å². The number of rotatable bonds is 3. The Balaban J connectivity index is 1.76. The van der Waals surface area contributed by atoms with Gasteiger partial charge in [-0.1, -0.05) is 18.5 Å². The lowest BCUT2D eigenvalue weighted by atomic mass is 10.00. The number of nitrogens with one attached hydrogen (secondary N) is 1. The lowest BCUT2D eigenvalue weighted by Gasteiger charge is -2.32. The van der Waals surface area contributed by atoms with Crippen molar-refractivity contribution in [1.82, 2.24) is 4.98 Å². The van der Waals surface area contributed by atoms with E-state index in [1.165, 1.54) is 12.8 Å². The van der Waals surface area contributed by atoms with E-state index in [2.05, 4.69) is 22.1 Å². The van der Waals surface area contributed by atoms with Crippen LogP contribution in [0.1, 0.15) is 35.8 Å². The molecule has 0 radical (unpaired) electrons. The number of pyridine rings is 1. The fourth-order valence-electron chi connectivity index (χ4n) is 3.12. The monoisotopic (exact) mass is 343 g/mol. The number of carbonyl (C=O) groups is 1. The number of anilines is 2. The molecule has 24 heavy (non-hydrogen) atoms. The summed E-state index contributed by atoms with van der Waals surface area (Å²) in [6.45, 7) is 6.25. The van der Waals surface area contributed by atoms with Gasteiger partial charge in [-0.05, 0) is 61.6 Å². The molecule has 1 aromatic carbocycles. The van der Waals surface area contributed by atoms with Crippen molar-refractivity contribution in [2.45, 2.75) is 26.7 Å². The molecule has 1 N–H and O–H groups in total. The molecule has 1 saturated heterocycles. The number of aromatic nitrogens is 1. The molecule has 2 heterocycles. The van der Waals surface area contributed by atoms with Crippen molar-refractivity contribution in [2.24, 2.45) is 5.92 Å². The number of benzene rings is 1. The molecule has 2 aromatic rings. The largest absolute Gasteiger partial charge is 0.371 e. The Morgan fingerprint density at radius 2 is 2.17 bits per heavy atom. The zero-order valence-electron chi connectivity index (χ0n) is 14.1. The van der Waals surface area contributed by atoms with E-state index in [4.69, 9.17) is 11.6 Å². The highest BCUT2D eigenvalue weighted by Crippen LogP contribution is 2.24. The maximum Gasteiger partial charge on any atom is 0.274 e. The molecule has 1 aliphatic heterocycles. The zero-order valence-corrected chi connectivity index (χ0v) is 14.8. The topological polar surface area (TPSA) is 45.2 Å². The first kappa shape index (κ1) is 16.8. The normalized spacial score (nSPS) is 17.6. The number of carbonyl (C=O) groups excluding carboxylic acids is 1. The minimum Gasteiger partial charge on any atom is -0.371 e. The number of piperidine rings is 1. The van der Waals surface area contributed by atoms with Crippen molar-refractivity contribution in [3.05, 3.63) is 52.8 Å². The third-order valence-corrected chi connectivity index (χ3v) is 4.67. The lowest BCUT2D eigenvalue weighted by molar-refractivity contribution is 0.102. The van der Waals surface area contributed by atoms with Crippen LogP contribution in [-0.4, -0.2) is 24.0 Å². The van der Waals surface area contributed by atoms with Crippen LogP contribution in [0.3, 0.4) is 0 Å². The highest BCUT2D eigenvalue weighted by molar-refractivity contribution is 6.30. The number of halogens is 1. The van der Waals surface area contributed by atoms with Crippen LogP contribution in [-0.2, 0) is 0 Å². The first-order valence-electron chi connectivity index (χ1n) is 8.31. The van der Waals surface area contributed by atoms with Crippen LogP contribution < -0.4 is 10.2 Å². The van der Waals surface area contributed by atoms with E-state index in [0.717, 1.165) is 30.0 Å². The smallest absolute Gasteiger partial charge is 0.274 e. The van der Waals surface area contributed by atoms with Crippen LogP contribution >= 0.6 is 11.6 Å². The second-order valence-corrected chi connectivity index (χ2v) is 6.94. The Kier molecular flexibility index (Phi) is 5.05. The van der Waals surface area contributed by atoms with E-state index in [-0.39, 0.29) is 5.91 Å². The minimum atomic E-state index is -0.202. The fourth-order valence-corrected chi connectivity index (χ4v) is 3.34. The Bertz CT molecular complexity index is 747. The second-order valence-electron chi connectivity index (χ2n) is 6.51. The SMILES string of the molecule is Cc1cc(Cl)ccc1NC(=O)c1cc(N2CCCC(C)C2)ccn1. The summed E-state index contributed by atoms with van der Waals surface area (Å²) >= 11 is 5.96. The van der Waals surface area contributed by atoms with E-state index >= 15 is 0 Å². The maximum absolute atomic E-state index is 12.5. The molecular weight excluding hydrogens is 322 g/mol. The molecule has 3 rings (SSSR count). The zero-order chi connectivity index (χ0) is 17.1. The van der Waals surface area contributed by atoms with E-state index in [1.54, 1.807) is 12.3 Å². The van der Waals surface area contributed by atoms with Gasteiger partial charge >= 0.3 is 0 Å². The van der Waals surface area contributed by atoms with Gasteiger partial charge in [0.2, 0.25) is 0 Å². The number of amides is 1. The van der Waals surface area contributed by atoms with Gasteiger partial charge in [0.05, 0.1) is 0 Å². The Labute approximate surface area is 147 Å². The van der Waals surface area contributed by atoms with Gasteiger partial charge in [-0.2, -0.15) is 0 Å². The summed E-state index contributed by atoms with van der Waals surface area (Å²) < 4.78 is 0. The highest BCUT2D eigenvalue weighted by atomic mass is 35.5. The average molecular weight is 344 g/mol. The minimum absolute atomic E-state index is 0.202. The van der Waals surface area contributed by atoms with E-state index in [9.17, 15) is 4.79 Å². The summed E-state index contributed by atoms with van der Waals surface area (Å²) in [5.41, 5.74) is 3.18. The van der Waals surface area contributed by atoms with Crippen molar-refractivity contribution < 1.29 is 4.79 Å². The van der Waals surface area contributed by atoms with Crippen molar-refractivity contribution in [3.8, 4) is 0 Å². The fraction of sp³-hybridized carbons (Fsp3) is 0.368. The highest BCUT2D eigenvalue weighted by Gasteiger charge is 2.18. The molecule has 1 aliphatic rings. The first-order valence-corrected chi connectivity index (χ1v) is 8.69. The molecule has 0 saturated carbocycles. The summed E-state index contributed by atoms with van der Waals surface area (Å²) in [5, 5.41) is 3.57. The summed E-state index contributed by atoms with van der Waals surface area (Å²) in [5.74, 6) is 0.480. The van der Waals surface area contributed by atoms with Gasteiger partial charge in [0, 0.05) is 35.7 Å². The number of hydrogen-bond acceptors (Lipinski definition) is 3. The number of aryl methyl sites for hydroxylation is 1. The Hall–Kier alpha value is -2.07. The molecule has 1 atom stereocenters. The van der Waals surface area contributed by atoms with E-state index in [1.807, 2.05) is 31.2 Å². The molecule has 1 amide bonds. The summed E-state index contributed by atoms with van der Waals surface area (Å²) in [6, 6.07) is 9.26. The van der Waals surface area contributed by atoms with Gasteiger partial charge in [0.1, 0.15) is 5.69 Å². The van der Waals surface area contributed by atoms with Crippen LogP contribution in [0.25, 0.3) is 0 Å². The molecular formula is C19H22ClN3O. The summed E-state index contributed by atoms with van der Waals surface area (Å²) in [4.78, 5) is 19.1. The molecule has 5 heteroatoms. The van der Waals surface area contributed by atoms with Crippen LogP contribution in [0.15, 0.2) is 36.5 Å². The predicted molar refractivity (Wildman–Crippen MR) is 99.0 cm³/mol. The molecule has 1 aromatic heterocycles. The van der Waals surface area contributed by atoms with Crippen LogP contribution in [0.4, 0.5) is 11.4 Å². The third-order valence-electron chi connectivity index (χ3n) is 4.43. The van der Waals surface area contributed by atoms with Crippen molar-refractivity contribution >= 4 is 28.9 Å². The van der Waals surface area contributed by atoms with Gasteiger partial charge in [0.15, 0.2) is 0 Å².